The Bertz CT molecular complexity index is 457. The molecule has 0 saturated heterocycles. The Kier molecular flexibility index (Phi) is 9.38. The van der Waals surface area contributed by atoms with Gasteiger partial charge in [0.05, 0.1) is 12.2 Å². The molecule has 0 aromatic heterocycles. The molecule has 2 aliphatic rings. The van der Waals surface area contributed by atoms with Crippen molar-refractivity contribution in [3.8, 4) is 0 Å². The van der Waals surface area contributed by atoms with Gasteiger partial charge in [0, 0.05) is 5.92 Å². The van der Waals surface area contributed by atoms with E-state index in [0.29, 0.717) is 11.8 Å². The van der Waals surface area contributed by atoms with Gasteiger partial charge in [0.25, 0.3) is 0 Å². The molecule has 1 fully saturated rings. The second-order valence-electron chi connectivity index (χ2n) is 8.80. The van der Waals surface area contributed by atoms with Crippen LogP contribution in [-0.2, 0) is 0 Å². The summed E-state index contributed by atoms with van der Waals surface area (Å²) in [5, 5.41) is 20.6. The number of allylic oxidation sites excluding steroid dienone is 2. The van der Waals surface area contributed by atoms with Crippen molar-refractivity contribution in [1.82, 2.24) is 4.90 Å². The molecule has 2 aliphatic carbocycles. The molecule has 0 bridgehead atoms. The predicted molar refractivity (Wildman–Crippen MR) is 110 cm³/mol. The highest BCUT2D eigenvalue weighted by Gasteiger charge is 2.43. The van der Waals surface area contributed by atoms with Crippen molar-refractivity contribution in [2.45, 2.75) is 83.3 Å². The molecule has 0 radical (unpaired) electrons. The van der Waals surface area contributed by atoms with Crippen LogP contribution in [-0.4, -0.2) is 48.0 Å². The molecule has 0 spiro atoms. The van der Waals surface area contributed by atoms with E-state index in [2.05, 4.69) is 38.1 Å². The highest BCUT2D eigenvalue weighted by molar-refractivity contribution is 5.20. The Morgan fingerprint density at radius 2 is 2.00 bits per heavy atom. The number of nitrogens with zero attached hydrogens (tertiary/aromatic N) is 1. The summed E-state index contributed by atoms with van der Waals surface area (Å²) in [5.74, 6) is 1.33. The van der Waals surface area contributed by atoms with Crippen LogP contribution >= 0.6 is 0 Å². The standard InChI is InChI=1S/C23H41NO2/c1-4-5-7-11-20(25)12-13-21-22-16-18(15-19(22)17-23(21)26)10-8-6-9-14-24(2)3/h12-13,15,19-23,25-26H,4-11,14,16-17H2,1-3H3/t19-,20+,21+,22-,23-/m0/s1. The molecule has 26 heavy (non-hydrogen) atoms. The smallest absolute Gasteiger partial charge is 0.0721 e. The molecule has 0 aliphatic heterocycles. The Morgan fingerprint density at radius 3 is 2.73 bits per heavy atom. The Labute approximate surface area is 161 Å². The van der Waals surface area contributed by atoms with Gasteiger partial charge in [-0.3, -0.25) is 0 Å². The molecule has 2 rings (SSSR count). The van der Waals surface area contributed by atoms with Gasteiger partial charge >= 0.3 is 0 Å². The number of aliphatic hydroxyl groups is 2. The molecular weight excluding hydrogens is 322 g/mol. The molecular formula is C23H41NO2. The first kappa shape index (κ1) is 21.7. The summed E-state index contributed by atoms with van der Waals surface area (Å²) in [4.78, 5) is 2.26. The fourth-order valence-corrected chi connectivity index (χ4v) is 4.70. The monoisotopic (exact) mass is 363 g/mol. The Morgan fingerprint density at radius 1 is 1.19 bits per heavy atom. The van der Waals surface area contributed by atoms with Crippen LogP contribution in [0, 0.1) is 17.8 Å². The van der Waals surface area contributed by atoms with Crippen LogP contribution in [0.25, 0.3) is 0 Å². The lowest BCUT2D eigenvalue weighted by Gasteiger charge is -2.19. The SMILES string of the molecule is CCCCC[C@@H](O)C=C[C@@H]1[C@H]2CC(CCCCCN(C)C)=C[C@H]2C[C@@H]1O. The highest BCUT2D eigenvalue weighted by Crippen LogP contribution is 2.48. The fraction of sp³-hybridized carbons (Fsp3) is 0.826. The number of unbranched alkanes of at least 4 members (excludes halogenated alkanes) is 4. The van der Waals surface area contributed by atoms with Gasteiger partial charge in [0.2, 0.25) is 0 Å². The van der Waals surface area contributed by atoms with Gasteiger partial charge in [-0.05, 0) is 71.0 Å². The van der Waals surface area contributed by atoms with Crippen LogP contribution < -0.4 is 0 Å². The molecule has 0 unspecified atom stereocenters. The summed E-state index contributed by atoms with van der Waals surface area (Å²) in [6, 6.07) is 0. The third-order valence-electron chi connectivity index (χ3n) is 6.21. The Hall–Kier alpha value is -0.640. The van der Waals surface area contributed by atoms with Gasteiger partial charge in [0.15, 0.2) is 0 Å². The molecule has 0 amide bonds. The zero-order valence-corrected chi connectivity index (χ0v) is 17.2. The zero-order chi connectivity index (χ0) is 18.9. The van der Waals surface area contributed by atoms with E-state index in [4.69, 9.17) is 0 Å². The van der Waals surface area contributed by atoms with Crippen LogP contribution in [0.3, 0.4) is 0 Å². The van der Waals surface area contributed by atoms with Gasteiger partial charge in [-0.2, -0.15) is 0 Å². The normalized spacial score (nSPS) is 29.5. The molecule has 1 saturated carbocycles. The number of hydrogen-bond donors (Lipinski definition) is 2. The number of fused-ring (bicyclic) bond motifs is 1. The van der Waals surface area contributed by atoms with Crippen molar-refractivity contribution in [2.75, 3.05) is 20.6 Å². The first-order valence-electron chi connectivity index (χ1n) is 10.9. The van der Waals surface area contributed by atoms with E-state index >= 15 is 0 Å². The van der Waals surface area contributed by atoms with Crippen molar-refractivity contribution in [3.05, 3.63) is 23.8 Å². The minimum atomic E-state index is -0.349. The van der Waals surface area contributed by atoms with Crippen molar-refractivity contribution in [3.63, 3.8) is 0 Å². The lowest BCUT2D eigenvalue weighted by molar-refractivity contribution is 0.139. The van der Waals surface area contributed by atoms with E-state index in [0.717, 1.165) is 25.7 Å². The van der Waals surface area contributed by atoms with Gasteiger partial charge in [-0.15, -0.1) is 0 Å². The lowest BCUT2D eigenvalue weighted by atomic mass is 9.88. The number of aliphatic hydroxyl groups excluding tert-OH is 2. The maximum Gasteiger partial charge on any atom is 0.0721 e. The molecule has 0 heterocycles. The van der Waals surface area contributed by atoms with Crippen LogP contribution in [0.5, 0.6) is 0 Å². The lowest BCUT2D eigenvalue weighted by Crippen LogP contribution is -2.18. The molecule has 0 aromatic rings. The first-order chi connectivity index (χ1) is 12.5. The molecule has 3 nitrogen and oxygen atoms in total. The van der Waals surface area contributed by atoms with E-state index in [1.165, 1.54) is 45.1 Å². The van der Waals surface area contributed by atoms with E-state index in [9.17, 15) is 10.2 Å². The van der Waals surface area contributed by atoms with Gasteiger partial charge < -0.3 is 15.1 Å². The number of rotatable bonds is 12. The summed E-state index contributed by atoms with van der Waals surface area (Å²) in [6.07, 6.45) is 17.4. The molecule has 5 atom stereocenters. The molecule has 150 valence electrons. The van der Waals surface area contributed by atoms with Crippen LogP contribution in [0.2, 0.25) is 0 Å². The fourth-order valence-electron chi connectivity index (χ4n) is 4.70. The molecule has 2 N–H and O–H groups in total. The predicted octanol–water partition coefficient (Wildman–Crippen LogP) is 4.55. The quantitative estimate of drug-likeness (QED) is 0.395. The summed E-state index contributed by atoms with van der Waals surface area (Å²) in [7, 11) is 4.28. The van der Waals surface area contributed by atoms with Crippen LogP contribution in [0.1, 0.15) is 71.1 Å². The minimum absolute atomic E-state index is 0.225. The van der Waals surface area contributed by atoms with Crippen LogP contribution in [0.4, 0.5) is 0 Å². The average Bonchev–Trinajstić information content (AvgIpc) is 3.09. The maximum atomic E-state index is 10.4. The Balaban J connectivity index is 1.74. The van der Waals surface area contributed by atoms with Crippen LogP contribution in [0.15, 0.2) is 23.8 Å². The molecule has 3 heteroatoms. The summed E-state index contributed by atoms with van der Waals surface area (Å²) < 4.78 is 0. The van der Waals surface area contributed by atoms with E-state index in [1.807, 2.05) is 6.08 Å². The average molecular weight is 364 g/mol. The highest BCUT2D eigenvalue weighted by atomic mass is 16.3. The summed E-state index contributed by atoms with van der Waals surface area (Å²) in [5.41, 5.74) is 1.61. The third kappa shape index (κ3) is 6.83. The number of hydrogen-bond acceptors (Lipinski definition) is 3. The van der Waals surface area contributed by atoms with Crippen molar-refractivity contribution in [2.24, 2.45) is 17.8 Å². The van der Waals surface area contributed by atoms with E-state index in [-0.39, 0.29) is 18.1 Å². The van der Waals surface area contributed by atoms with Gasteiger partial charge in [0.1, 0.15) is 0 Å². The van der Waals surface area contributed by atoms with Crippen molar-refractivity contribution in [1.29, 1.82) is 0 Å². The molecule has 0 aromatic carbocycles. The zero-order valence-electron chi connectivity index (χ0n) is 17.2. The third-order valence-corrected chi connectivity index (χ3v) is 6.21. The van der Waals surface area contributed by atoms with E-state index < -0.39 is 0 Å². The summed E-state index contributed by atoms with van der Waals surface area (Å²) in [6.45, 7) is 3.37. The van der Waals surface area contributed by atoms with Gasteiger partial charge in [-0.25, -0.2) is 0 Å². The summed E-state index contributed by atoms with van der Waals surface area (Å²) >= 11 is 0. The van der Waals surface area contributed by atoms with Crippen molar-refractivity contribution < 1.29 is 10.2 Å². The largest absolute Gasteiger partial charge is 0.392 e. The maximum absolute atomic E-state index is 10.4. The second kappa shape index (κ2) is 11.3. The van der Waals surface area contributed by atoms with Crippen molar-refractivity contribution >= 4 is 0 Å². The first-order valence-corrected chi connectivity index (χ1v) is 10.9. The van der Waals surface area contributed by atoms with E-state index in [1.54, 1.807) is 5.57 Å². The van der Waals surface area contributed by atoms with Gasteiger partial charge in [-0.1, -0.05) is 56.4 Å². The topological polar surface area (TPSA) is 43.7 Å². The second-order valence-corrected chi connectivity index (χ2v) is 8.80. The minimum Gasteiger partial charge on any atom is -0.392 e.